The van der Waals surface area contributed by atoms with Crippen molar-refractivity contribution >= 4 is 56.6 Å². The van der Waals surface area contributed by atoms with Gasteiger partial charge in [0, 0.05) is 34.3 Å². The van der Waals surface area contributed by atoms with Crippen molar-refractivity contribution in [2.24, 2.45) is 7.05 Å². The number of carbonyl (C=O) groups excluding carboxylic acids is 1. The lowest BCUT2D eigenvalue weighted by molar-refractivity contribution is -0.115. The van der Waals surface area contributed by atoms with Gasteiger partial charge in [0.05, 0.1) is 16.9 Å². The Labute approximate surface area is 230 Å². The third-order valence-corrected chi connectivity index (χ3v) is 7.32. The average molecular weight is 629 g/mol. The zero-order valence-corrected chi connectivity index (χ0v) is 23.1. The van der Waals surface area contributed by atoms with Gasteiger partial charge in [-0.2, -0.15) is 0 Å². The molecule has 2 heterocycles. The number of anilines is 3. The molecule has 1 aliphatic carbocycles. The van der Waals surface area contributed by atoms with Gasteiger partial charge >= 0.3 is 5.69 Å². The van der Waals surface area contributed by atoms with E-state index >= 15 is 0 Å². The van der Waals surface area contributed by atoms with E-state index in [0.717, 1.165) is 0 Å². The molecule has 4 aromatic rings. The molecule has 0 saturated heterocycles. The van der Waals surface area contributed by atoms with Crippen molar-refractivity contribution in [1.82, 2.24) is 13.7 Å². The Bertz CT molecular complexity index is 1800. The molecule has 0 unspecified atom stereocenters. The first kappa shape index (κ1) is 25.9. The van der Waals surface area contributed by atoms with E-state index in [1.54, 1.807) is 44.2 Å². The Balaban J connectivity index is 1.88. The number of amides is 1. The lowest BCUT2D eigenvalue weighted by Crippen LogP contribution is -2.41. The zero-order chi connectivity index (χ0) is 27.3. The SMILES string of the molecule is CCC(=O)Nc1cccc(-n2c(=O)n(C3CC3)c(=O)c3c(Nc4ccc(I)cc4F)n(C)c(=O)c(C)c32)c1. The fourth-order valence-electron chi connectivity index (χ4n) is 4.55. The van der Waals surface area contributed by atoms with E-state index in [1.165, 1.54) is 32.9 Å². The summed E-state index contributed by atoms with van der Waals surface area (Å²) in [5, 5.41) is 5.82. The molecule has 38 heavy (non-hydrogen) atoms. The van der Waals surface area contributed by atoms with Crippen LogP contribution in [0.3, 0.4) is 0 Å². The maximum absolute atomic E-state index is 14.8. The third kappa shape index (κ3) is 4.44. The number of nitrogens with zero attached hydrogens (tertiary/aromatic N) is 3. The van der Waals surface area contributed by atoms with Crippen LogP contribution in [0.15, 0.2) is 56.8 Å². The molecule has 0 atom stereocenters. The second kappa shape index (κ2) is 9.86. The van der Waals surface area contributed by atoms with Gasteiger partial charge in [-0.25, -0.2) is 9.18 Å². The van der Waals surface area contributed by atoms with Crippen molar-refractivity contribution in [3.8, 4) is 5.69 Å². The Morgan fingerprint density at radius 1 is 1.11 bits per heavy atom. The van der Waals surface area contributed by atoms with E-state index < -0.39 is 22.6 Å². The van der Waals surface area contributed by atoms with Gasteiger partial charge in [0.1, 0.15) is 17.0 Å². The van der Waals surface area contributed by atoms with Crippen LogP contribution in [-0.2, 0) is 11.8 Å². The molecular formula is C27H25FIN5O4. The summed E-state index contributed by atoms with van der Waals surface area (Å²) in [6.45, 7) is 3.28. The number of aryl methyl sites for hydroxylation is 1. The molecule has 0 bridgehead atoms. The van der Waals surface area contributed by atoms with E-state index in [2.05, 4.69) is 10.6 Å². The smallest absolute Gasteiger partial charge is 0.336 e. The highest BCUT2D eigenvalue weighted by molar-refractivity contribution is 14.1. The number of carbonyl (C=O) groups is 1. The molecule has 11 heteroatoms. The highest BCUT2D eigenvalue weighted by Crippen LogP contribution is 2.34. The lowest BCUT2D eigenvalue weighted by Gasteiger charge is -2.21. The van der Waals surface area contributed by atoms with Crippen LogP contribution in [0.4, 0.5) is 21.6 Å². The molecular weight excluding hydrogens is 604 g/mol. The summed E-state index contributed by atoms with van der Waals surface area (Å²) in [6.07, 6.45) is 1.62. The van der Waals surface area contributed by atoms with Gasteiger partial charge in [-0.05, 0) is 78.8 Å². The van der Waals surface area contributed by atoms with Gasteiger partial charge in [-0.3, -0.25) is 28.1 Å². The van der Waals surface area contributed by atoms with E-state index in [-0.39, 0.29) is 46.3 Å². The molecule has 9 nitrogen and oxygen atoms in total. The predicted octanol–water partition coefficient (Wildman–Crippen LogP) is 4.33. The molecule has 0 spiro atoms. The molecule has 2 aromatic carbocycles. The van der Waals surface area contributed by atoms with Crippen LogP contribution in [0.5, 0.6) is 0 Å². The van der Waals surface area contributed by atoms with Crippen LogP contribution < -0.4 is 27.4 Å². The summed E-state index contributed by atoms with van der Waals surface area (Å²) in [5.41, 5.74) is -0.310. The van der Waals surface area contributed by atoms with E-state index in [4.69, 9.17) is 0 Å². The molecule has 1 amide bonds. The Kier molecular flexibility index (Phi) is 6.72. The van der Waals surface area contributed by atoms with E-state index in [9.17, 15) is 23.6 Å². The van der Waals surface area contributed by atoms with Crippen molar-refractivity contribution in [2.75, 3.05) is 10.6 Å². The molecule has 1 fully saturated rings. The second-order valence-electron chi connectivity index (χ2n) is 9.29. The highest BCUT2D eigenvalue weighted by Gasteiger charge is 2.31. The number of hydrogen-bond donors (Lipinski definition) is 2. The quantitative estimate of drug-likeness (QED) is 0.309. The molecule has 0 aliphatic heterocycles. The molecule has 2 N–H and O–H groups in total. The summed E-state index contributed by atoms with van der Waals surface area (Å²) in [7, 11) is 1.50. The number of aromatic nitrogens is 3. The topological polar surface area (TPSA) is 107 Å². The Hall–Kier alpha value is -3.74. The van der Waals surface area contributed by atoms with Crippen LogP contribution in [0.25, 0.3) is 16.6 Å². The summed E-state index contributed by atoms with van der Waals surface area (Å²) >= 11 is 1.99. The minimum Gasteiger partial charge on any atom is -0.338 e. The summed E-state index contributed by atoms with van der Waals surface area (Å²) < 4.78 is 19.3. The predicted molar refractivity (Wildman–Crippen MR) is 153 cm³/mol. The first-order valence-corrected chi connectivity index (χ1v) is 13.2. The molecule has 0 radical (unpaired) electrons. The number of fused-ring (bicyclic) bond motifs is 1. The number of nitrogens with one attached hydrogen (secondary N) is 2. The fraction of sp³-hybridized carbons (Fsp3) is 0.259. The van der Waals surface area contributed by atoms with Gasteiger partial charge in [0.2, 0.25) is 5.91 Å². The zero-order valence-electron chi connectivity index (χ0n) is 21.0. The lowest BCUT2D eigenvalue weighted by atomic mass is 10.1. The van der Waals surface area contributed by atoms with Gasteiger partial charge in [0.15, 0.2) is 0 Å². The van der Waals surface area contributed by atoms with Crippen LogP contribution in [-0.4, -0.2) is 19.6 Å². The molecule has 5 rings (SSSR count). The fourth-order valence-corrected chi connectivity index (χ4v) is 5.00. The second-order valence-corrected chi connectivity index (χ2v) is 10.5. The molecule has 2 aromatic heterocycles. The first-order valence-electron chi connectivity index (χ1n) is 12.2. The minimum atomic E-state index is -0.577. The van der Waals surface area contributed by atoms with Crippen molar-refractivity contribution in [1.29, 1.82) is 0 Å². The maximum Gasteiger partial charge on any atom is 0.336 e. The van der Waals surface area contributed by atoms with Crippen LogP contribution in [0.2, 0.25) is 0 Å². The van der Waals surface area contributed by atoms with Gasteiger partial charge in [-0.15, -0.1) is 0 Å². The first-order chi connectivity index (χ1) is 18.1. The highest BCUT2D eigenvalue weighted by atomic mass is 127. The number of benzene rings is 2. The van der Waals surface area contributed by atoms with Gasteiger partial charge in [0.25, 0.3) is 11.1 Å². The standard InChI is InChI=1S/C27H25FIN5O4/c1-4-21(35)30-16-6-5-7-18(13-16)33-23-14(2)25(36)32(3)24(31-20-11-8-15(29)12-19(20)28)22(23)26(37)34(27(33)38)17-9-10-17/h5-8,11-13,17,31H,4,9-10H2,1-3H3,(H,30,35). The summed E-state index contributed by atoms with van der Waals surface area (Å²) in [4.78, 5) is 53.1. The van der Waals surface area contributed by atoms with E-state index in [0.29, 0.717) is 27.8 Å². The maximum atomic E-state index is 14.8. The van der Waals surface area contributed by atoms with Crippen molar-refractivity contribution < 1.29 is 9.18 Å². The molecule has 1 saturated carbocycles. The van der Waals surface area contributed by atoms with Gasteiger partial charge in [-0.1, -0.05) is 13.0 Å². The van der Waals surface area contributed by atoms with Crippen molar-refractivity contribution in [3.63, 3.8) is 0 Å². The van der Waals surface area contributed by atoms with E-state index in [1.807, 2.05) is 22.6 Å². The van der Waals surface area contributed by atoms with Gasteiger partial charge < -0.3 is 10.6 Å². The third-order valence-electron chi connectivity index (χ3n) is 6.65. The van der Waals surface area contributed by atoms with Crippen molar-refractivity contribution in [3.05, 3.63) is 88.6 Å². The average Bonchev–Trinajstić information content (AvgIpc) is 3.72. The van der Waals surface area contributed by atoms with Crippen LogP contribution in [0, 0.1) is 16.3 Å². The number of rotatable bonds is 6. The largest absolute Gasteiger partial charge is 0.338 e. The molecule has 196 valence electrons. The number of pyridine rings is 1. The molecule has 1 aliphatic rings. The number of halogens is 2. The summed E-state index contributed by atoms with van der Waals surface area (Å²) in [6, 6.07) is 11.0. The minimum absolute atomic E-state index is 0.0827. The van der Waals surface area contributed by atoms with Crippen LogP contribution >= 0.6 is 22.6 Å². The van der Waals surface area contributed by atoms with Crippen molar-refractivity contribution in [2.45, 2.75) is 39.2 Å². The summed E-state index contributed by atoms with van der Waals surface area (Å²) in [5.74, 6) is -0.661. The monoisotopic (exact) mass is 629 g/mol. The normalized spacial score (nSPS) is 13.1. The Morgan fingerprint density at radius 2 is 1.84 bits per heavy atom. The van der Waals surface area contributed by atoms with Crippen LogP contribution in [0.1, 0.15) is 37.8 Å². The number of hydrogen-bond acceptors (Lipinski definition) is 5. The Morgan fingerprint density at radius 3 is 2.50 bits per heavy atom.